The van der Waals surface area contributed by atoms with Crippen molar-refractivity contribution >= 4 is 42.4 Å². The van der Waals surface area contributed by atoms with Crippen LogP contribution in [0, 0.1) is 0 Å². The van der Waals surface area contributed by atoms with Gasteiger partial charge in [0.25, 0.3) is 0 Å². The van der Waals surface area contributed by atoms with E-state index in [1.165, 1.54) is 37.7 Å². The van der Waals surface area contributed by atoms with E-state index in [2.05, 4.69) is 183 Å². The van der Waals surface area contributed by atoms with Crippen LogP contribution in [0.3, 0.4) is 0 Å². The van der Waals surface area contributed by atoms with Gasteiger partial charge in [-0.25, -0.2) is 0 Å². The fraction of sp³-hybridized carbons (Fsp3) is 0.105. The van der Waals surface area contributed by atoms with Gasteiger partial charge in [0.1, 0.15) is 0 Å². The summed E-state index contributed by atoms with van der Waals surface area (Å²) in [5, 5.41) is 7.01. The summed E-state index contributed by atoms with van der Waals surface area (Å²) in [5.41, 5.74) is 3.18. The van der Waals surface area contributed by atoms with E-state index in [-0.39, 0.29) is 6.04 Å². The Morgan fingerprint density at radius 3 is 1.46 bits per heavy atom. The van der Waals surface area contributed by atoms with E-state index >= 15 is 0 Å². The van der Waals surface area contributed by atoms with E-state index < -0.39 is 15.8 Å². The Hall–Kier alpha value is -3.60. The zero-order valence-corrected chi connectivity index (χ0v) is 25.4. The molecule has 0 saturated heterocycles. The molecule has 0 saturated carbocycles. The van der Waals surface area contributed by atoms with Crippen LogP contribution < -0.4 is 26.5 Å². The molecule has 1 aliphatic carbocycles. The van der Waals surface area contributed by atoms with Gasteiger partial charge >= 0.3 is 0 Å². The number of benzene rings is 5. The molecule has 1 aliphatic rings. The van der Waals surface area contributed by atoms with E-state index in [0.29, 0.717) is 5.66 Å². The Kier molecular flexibility index (Phi) is 8.69. The van der Waals surface area contributed by atoms with Crippen molar-refractivity contribution in [1.82, 2.24) is 4.90 Å². The molecule has 0 radical (unpaired) electrons. The van der Waals surface area contributed by atoms with Crippen molar-refractivity contribution in [2.45, 2.75) is 11.7 Å². The summed E-state index contributed by atoms with van der Waals surface area (Å²) in [6.07, 6.45) is 7.12. The van der Waals surface area contributed by atoms with Gasteiger partial charge in [-0.2, -0.15) is 0 Å². The van der Waals surface area contributed by atoms with Crippen molar-refractivity contribution in [2.24, 2.45) is 0 Å². The zero-order chi connectivity index (χ0) is 28.0. The largest absolute Gasteiger partial charge is 0.299 e. The van der Waals surface area contributed by atoms with E-state index in [9.17, 15) is 0 Å². The SMILES string of the molecule is CN(C)C(C1=CC=C[C@H]1P(c1ccccc1)c1ccccc1)c1ccccc1P(c1ccccc1)c1ccccc1. The van der Waals surface area contributed by atoms with Crippen molar-refractivity contribution in [3.05, 3.63) is 175 Å². The van der Waals surface area contributed by atoms with E-state index in [1.54, 1.807) is 0 Å². The van der Waals surface area contributed by atoms with Crippen LogP contribution in [0.4, 0.5) is 0 Å². The third-order valence-electron chi connectivity index (χ3n) is 7.60. The zero-order valence-electron chi connectivity index (χ0n) is 23.6. The fourth-order valence-electron chi connectivity index (χ4n) is 5.88. The van der Waals surface area contributed by atoms with Crippen LogP contribution in [-0.4, -0.2) is 24.7 Å². The molecular weight excluding hydrogens is 532 g/mol. The average molecular weight is 568 g/mol. The number of nitrogens with zero attached hydrogens (tertiary/aromatic N) is 1. The summed E-state index contributed by atoms with van der Waals surface area (Å²) in [5.74, 6) is 0. The first-order chi connectivity index (χ1) is 20.2. The lowest BCUT2D eigenvalue weighted by atomic mass is 9.96. The molecule has 1 unspecified atom stereocenters. The van der Waals surface area contributed by atoms with Gasteiger partial charge in [0.15, 0.2) is 0 Å². The number of rotatable bonds is 9. The van der Waals surface area contributed by atoms with Gasteiger partial charge < -0.3 is 0 Å². The number of likely N-dealkylation sites (N-methyl/N-ethyl adjacent to an activating group) is 1. The Bertz CT molecular complexity index is 1530. The second kappa shape index (κ2) is 12.9. The van der Waals surface area contributed by atoms with Crippen molar-refractivity contribution in [3.8, 4) is 0 Å². The molecule has 0 N–H and O–H groups in total. The maximum absolute atomic E-state index is 2.44. The lowest BCUT2D eigenvalue weighted by Gasteiger charge is -2.36. The van der Waals surface area contributed by atoms with Crippen LogP contribution in [0.1, 0.15) is 11.6 Å². The number of allylic oxidation sites excluding steroid dienone is 3. The van der Waals surface area contributed by atoms with Crippen molar-refractivity contribution in [2.75, 3.05) is 14.1 Å². The van der Waals surface area contributed by atoms with E-state index in [4.69, 9.17) is 0 Å². The Morgan fingerprint density at radius 2 is 0.976 bits per heavy atom. The third-order valence-corrected chi connectivity index (χ3v) is 12.9. The summed E-state index contributed by atoms with van der Waals surface area (Å²) in [7, 11) is 3.12. The predicted molar refractivity (Wildman–Crippen MR) is 182 cm³/mol. The highest BCUT2D eigenvalue weighted by atomic mass is 31.1. The van der Waals surface area contributed by atoms with Crippen LogP contribution in [0.5, 0.6) is 0 Å². The topological polar surface area (TPSA) is 3.24 Å². The molecule has 41 heavy (non-hydrogen) atoms. The molecule has 2 atom stereocenters. The molecule has 5 aromatic rings. The third kappa shape index (κ3) is 5.91. The highest BCUT2D eigenvalue weighted by Gasteiger charge is 2.35. The average Bonchev–Trinajstić information content (AvgIpc) is 3.49. The summed E-state index contributed by atoms with van der Waals surface area (Å²) in [4.78, 5) is 2.41. The maximum Gasteiger partial charge on any atom is 0.0575 e. The molecular formula is C38H35NP2. The first-order valence-electron chi connectivity index (χ1n) is 14.2. The lowest BCUT2D eigenvalue weighted by molar-refractivity contribution is 0.337. The van der Waals surface area contributed by atoms with Crippen LogP contribution in [0.15, 0.2) is 169 Å². The molecule has 202 valence electrons. The molecule has 0 aliphatic heterocycles. The van der Waals surface area contributed by atoms with Crippen LogP contribution in [0.25, 0.3) is 0 Å². The fourth-order valence-corrected chi connectivity index (χ4v) is 11.1. The molecule has 0 bridgehead atoms. The van der Waals surface area contributed by atoms with Gasteiger partial charge in [0.2, 0.25) is 0 Å². The second-order valence-corrected chi connectivity index (χ2v) is 15.0. The highest BCUT2D eigenvalue weighted by molar-refractivity contribution is 7.80. The lowest BCUT2D eigenvalue weighted by Crippen LogP contribution is -2.33. The van der Waals surface area contributed by atoms with Crippen molar-refractivity contribution in [3.63, 3.8) is 0 Å². The Balaban J connectivity index is 1.48. The van der Waals surface area contributed by atoms with Gasteiger partial charge in [0, 0.05) is 5.66 Å². The standard InChI is InChI=1S/C38H35NP2/c1-39(2)38(35-27-17-29-37(35)41(32-22-11-5-12-23-32)33-24-13-6-14-25-33)34-26-15-16-28-36(34)40(30-18-7-3-8-19-30)31-20-9-4-10-21-31/h3-29,37-38H,1-2H3/t37-,38?/m1/s1. The first kappa shape index (κ1) is 27.6. The molecule has 0 aromatic heterocycles. The van der Waals surface area contributed by atoms with Gasteiger partial charge in [0.05, 0.1) is 6.04 Å². The molecule has 0 spiro atoms. The molecule has 0 fully saturated rings. The summed E-state index contributed by atoms with van der Waals surface area (Å²) in [6.45, 7) is 0. The molecule has 0 heterocycles. The van der Waals surface area contributed by atoms with Crippen LogP contribution in [-0.2, 0) is 0 Å². The normalized spacial score (nSPS) is 15.4. The smallest absolute Gasteiger partial charge is 0.0575 e. The Labute approximate surface area is 247 Å². The Morgan fingerprint density at radius 1 is 0.537 bits per heavy atom. The van der Waals surface area contributed by atoms with Gasteiger partial charge in [-0.15, -0.1) is 0 Å². The minimum absolute atomic E-state index is 0.154. The van der Waals surface area contributed by atoms with Gasteiger partial charge in [-0.05, 0) is 67.6 Å². The molecule has 0 amide bonds. The molecule has 3 heteroatoms. The highest BCUT2D eigenvalue weighted by Crippen LogP contribution is 2.50. The van der Waals surface area contributed by atoms with Crippen molar-refractivity contribution < 1.29 is 0 Å². The first-order valence-corrected chi connectivity index (χ1v) is 16.9. The molecule has 6 rings (SSSR count). The van der Waals surface area contributed by atoms with E-state index in [1.807, 2.05) is 0 Å². The second-order valence-electron chi connectivity index (χ2n) is 10.5. The number of hydrogen-bond acceptors (Lipinski definition) is 1. The quantitative estimate of drug-likeness (QED) is 0.173. The molecule has 5 aromatic carbocycles. The predicted octanol–water partition coefficient (Wildman–Crippen LogP) is 7.05. The monoisotopic (exact) mass is 567 g/mol. The van der Waals surface area contributed by atoms with Crippen LogP contribution >= 0.6 is 15.8 Å². The summed E-state index contributed by atoms with van der Waals surface area (Å²) in [6, 6.07) is 53.6. The minimum Gasteiger partial charge on any atom is -0.299 e. The minimum atomic E-state index is -0.725. The maximum atomic E-state index is 2.44. The van der Waals surface area contributed by atoms with Crippen molar-refractivity contribution in [1.29, 1.82) is 0 Å². The van der Waals surface area contributed by atoms with Gasteiger partial charge in [-0.1, -0.05) is 164 Å². The summed E-state index contributed by atoms with van der Waals surface area (Å²) < 4.78 is 0. The van der Waals surface area contributed by atoms with Crippen LogP contribution in [0.2, 0.25) is 0 Å². The number of hydrogen-bond donors (Lipinski definition) is 0. The van der Waals surface area contributed by atoms with E-state index in [0.717, 1.165) is 0 Å². The molecule has 1 nitrogen and oxygen atoms in total. The summed E-state index contributed by atoms with van der Waals surface area (Å²) >= 11 is 0. The van der Waals surface area contributed by atoms with Gasteiger partial charge in [-0.3, -0.25) is 4.90 Å².